The molecule has 0 N–H and O–H groups in total. The average molecular weight is 282 g/mol. The van der Waals surface area contributed by atoms with E-state index in [9.17, 15) is 0 Å². The van der Waals surface area contributed by atoms with Gasteiger partial charge in [-0.05, 0) is 117 Å². The van der Waals surface area contributed by atoms with Gasteiger partial charge in [-0.25, -0.2) is 0 Å². The molecule has 0 amide bonds. The molecule has 0 nitrogen and oxygen atoms in total. The highest BCUT2D eigenvalue weighted by molar-refractivity contribution is 5.21. The number of allylic oxidation sites excluding steroid dienone is 2. The van der Waals surface area contributed by atoms with E-state index in [4.69, 9.17) is 0 Å². The van der Waals surface area contributed by atoms with E-state index in [-0.39, 0.29) is 0 Å². The van der Waals surface area contributed by atoms with Gasteiger partial charge in [0.15, 0.2) is 0 Å². The zero-order valence-corrected chi connectivity index (χ0v) is 13.4. The fraction of sp³-hybridized carbons (Fsp3) is 0.905. The van der Waals surface area contributed by atoms with Crippen LogP contribution in [0, 0.1) is 46.3 Å². The van der Waals surface area contributed by atoms with E-state index in [1.54, 1.807) is 64.2 Å². The van der Waals surface area contributed by atoms with Gasteiger partial charge < -0.3 is 0 Å². The van der Waals surface area contributed by atoms with Gasteiger partial charge in [0.05, 0.1) is 0 Å². The van der Waals surface area contributed by atoms with Gasteiger partial charge in [0, 0.05) is 0 Å². The lowest BCUT2D eigenvalue weighted by atomic mass is 9.58. The summed E-state index contributed by atoms with van der Waals surface area (Å²) in [5.41, 5.74) is 1.54. The van der Waals surface area contributed by atoms with Crippen molar-refractivity contribution in [1.29, 1.82) is 0 Å². The number of fused-ring (bicyclic) bond motifs is 6. The lowest BCUT2D eigenvalue weighted by Gasteiger charge is -2.46. The van der Waals surface area contributed by atoms with E-state index in [0.29, 0.717) is 5.41 Å². The molecule has 0 aromatic carbocycles. The van der Waals surface area contributed by atoms with Gasteiger partial charge in [-0.1, -0.05) is 12.2 Å². The Morgan fingerprint density at radius 3 is 2.19 bits per heavy atom. The third kappa shape index (κ3) is 1.44. The van der Waals surface area contributed by atoms with E-state index in [2.05, 4.69) is 12.2 Å². The molecule has 0 aromatic heterocycles. The Morgan fingerprint density at radius 2 is 1.62 bits per heavy atom. The third-order valence-electron chi connectivity index (χ3n) is 9.46. The van der Waals surface area contributed by atoms with Crippen LogP contribution in [0.3, 0.4) is 0 Å². The second kappa shape index (κ2) is 3.80. The monoisotopic (exact) mass is 282 g/mol. The average Bonchev–Trinajstić information content (AvgIpc) is 3.34. The quantitative estimate of drug-likeness (QED) is 0.579. The number of hydrogen-bond donors (Lipinski definition) is 0. The van der Waals surface area contributed by atoms with E-state index >= 15 is 0 Å². The SMILES string of the molecule is C1=CC2(C3CC4CC3C(C35CCC(CC3)C5)C4)CCC1C2. The Labute approximate surface area is 129 Å². The van der Waals surface area contributed by atoms with Crippen molar-refractivity contribution < 1.29 is 0 Å². The molecule has 5 fully saturated rings. The maximum absolute atomic E-state index is 2.72. The molecule has 0 radical (unpaired) electrons. The van der Waals surface area contributed by atoms with Crippen LogP contribution in [0.15, 0.2) is 12.2 Å². The summed E-state index contributed by atoms with van der Waals surface area (Å²) in [5, 5.41) is 0. The van der Waals surface area contributed by atoms with Gasteiger partial charge in [-0.15, -0.1) is 0 Å². The van der Waals surface area contributed by atoms with Gasteiger partial charge in [-0.3, -0.25) is 0 Å². The first-order chi connectivity index (χ1) is 10.3. The van der Waals surface area contributed by atoms with Crippen LogP contribution in [0.4, 0.5) is 0 Å². The fourth-order valence-corrected chi connectivity index (χ4v) is 8.72. The molecule has 6 aliphatic carbocycles. The largest absolute Gasteiger partial charge is 0.0848 e. The van der Waals surface area contributed by atoms with E-state index in [0.717, 1.165) is 40.9 Å². The van der Waals surface area contributed by atoms with Crippen LogP contribution < -0.4 is 0 Å². The Balaban J connectivity index is 1.34. The van der Waals surface area contributed by atoms with Gasteiger partial charge in [0.1, 0.15) is 0 Å². The molecule has 6 unspecified atom stereocenters. The Morgan fingerprint density at radius 1 is 0.762 bits per heavy atom. The molecule has 21 heavy (non-hydrogen) atoms. The Kier molecular flexibility index (Phi) is 2.20. The van der Waals surface area contributed by atoms with Crippen LogP contribution in [-0.2, 0) is 0 Å². The van der Waals surface area contributed by atoms with Crippen LogP contribution in [0.1, 0.15) is 70.6 Å². The van der Waals surface area contributed by atoms with Crippen molar-refractivity contribution in [1.82, 2.24) is 0 Å². The first-order valence-electron chi connectivity index (χ1n) is 9.96. The molecule has 0 heterocycles. The number of hydrogen-bond acceptors (Lipinski definition) is 0. The highest BCUT2D eigenvalue weighted by Crippen LogP contribution is 2.71. The highest BCUT2D eigenvalue weighted by Gasteiger charge is 2.62. The van der Waals surface area contributed by atoms with Crippen LogP contribution in [-0.4, -0.2) is 0 Å². The summed E-state index contributed by atoms with van der Waals surface area (Å²) < 4.78 is 0. The van der Waals surface area contributed by atoms with Crippen molar-refractivity contribution in [3.63, 3.8) is 0 Å². The zero-order valence-electron chi connectivity index (χ0n) is 13.4. The topological polar surface area (TPSA) is 0 Å². The maximum atomic E-state index is 2.72. The second-order valence-corrected chi connectivity index (χ2v) is 10.1. The summed E-state index contributed by atoms with van der Waals surface area (Å²) >= 11 is 0. The first kappa shape index (κ1) is 12.2. The molecule has 5 saturated carbocycles. The lowest BCUT2D eigenvalue weighted by Crippen LogP contribution is -2.39. The van der Waals surface area contributed by atoms with Crippen molar-refractivity contribution in [2.24, 2.45) is 46.3 Å². The summed E-state index contributed by atoms with van der Waals surface area (Å²) in [7, 11) is 0. The van der Waals surface area contributed by atoms with Gasteiger partial charge >= 0.3 is 0 Å². The van der Waals surface area contributed by atoms with Gasteiger partial charge in [-0.2, -0.15) is 0 Å². The van der Waals surface area contributed by atoms with Crippen molar-refractivity contribution >= 4 is 0 Å². The smallest absolute Gasteiger partial charge is 0.00812 e. The standard InChI is InChI=1S/C21H30/c1-5-20(6-2-14(1)12-20)18-10-16-9-17(18)19(11-16)21-7-3-15(13-21)4-8-21/h1,5,14-19H,2-4,6-13H2. The molecule has 0 saturated heterocycles. The Hall–Kier alpha value is -0.260. The molecule has 6 aliphatic rings. The molecule has 6 atom stereocenters. The highest BCUT2D eigenvalue weighted by atomic mass is 14.7. The minimum atomic E-state index is 0.690. The summed E-state index contributed by atoms with van der Waals surface area (Å²) in [6, 6.07) is 0. The molecule has 0 heteroatoms. The summed E-state index contributed by atoms with van der Waals surface area (Å²) in [6.45, 7) is 0. The van der Waals surface area contributed by atoms with Crippen LogP contribution in [0.5, 0.6) is 0 Å². The van der Waals surface area contributed by atoms with E-state index in [1.807, 2.05) is 0 Å². The molecule has 114 valence electrons. The number of rotatable bonds is 2. The summed E-state index contributed by atoms with van der Waals surface area (Å²) in [4.78, 5) is 0. The summed E-state index contributed by atoms with van der Waals surface area (Å²) in [5.74, 6) is 6.62. The molecule has 6 bridgehead atoms. The molecular weight excluding hydrogens is 252 g/mol. The minimum Gasteiger partial charge on any atom is -0.0848 e. The van der Waals surface area contributed by atoms with Gasteiger partial charge in [0.25, 0.3) is 0 Å². The van der Waals surface area contributed by atoms with E-state index in [1.165, 1.54) is 6.42 Å². The van der Waals surface area contributed by atoms with Crippen molar-refractivity contribution in [3.8, 4) is 0 Å². The molecule has 6 rings (SSSR count). The normalized spacial score (nSPS) is 63.2. The fourth-order valence-electron chi connectivity index (χ4n) is 8.72. The predicted octanol–water partition coefficient (Wildman–Crippen LogP) is 5.59. The van der Waals surface area contributed by atoms with Crippen LogP contribution in [0.25, 0.3) is 0 Å². The zero-order chi connectivity index (χ0) is 13.7. The molecule has 0 aromatic rings. The summed E-state index contributed by atoms with van der Waals surface area (Å²) in [6.07, 6.45) is 22.8. The molecular formula is C21H30. The molecule has 0 aliphatic heterocycles. The second-order valence-electron chi connectivity index (χ2n) is 10.1. The van der Waals surface area contributed by atoms with Crippen molar-refractivity contribution in [2.75, 3.05) is 0 Å². The van der Waals surface area contributed by atoms with Crippen LogP contribution in [0.2, 0.25) is 0 Å². The Bertz CT molecular complexity index is 494. The lowest BCUT2D eigenvalue weighted by molar-refractivity contribution is 0.0371. The van der Waals surface area contributed by atoms with Gasteiger partial charge in [0.2, 0.25) is 0 Å². The van der Waals surface area contributed by atoms with Crippen molar-refractivity contribution in [3.05, 3.63) is 12.2 Å². The molecule has 0 spiro atoms. The third-order valence-corrected chi connectivity index (χ3v) is 9.46. The minimum absolute atomic E-state index is 0.690. The maximum Gasteiger partial charge on any atom is -0.00812 e. The van der Waals surface area contributed by atoms with E-state index < -0.39 is 0 Å². The first-order valence-corrected chi connectivity index (χ1v) is 9.96. The van der Waals surface area contributed by atoms with Crippen molar-refractivity contribution in [2.45, 2.75) is 70.6 Å². The van der Waals surface area contributed by atoms with Crippen LogP contribution >= 0.6 is 0 Å². The predicted molar refractivity (Wildman–Crippen MR) is 85.7 cm³/mol.